The van der Waals surface area contributed by atoms with Gasteiger partial charge in [0.2, 0.25) is 0 Å². The molecule has 1 atom stereocenters. The molecule has 24 heavy (non-hydrogen) atoms. The van der Waals surface area contributed by atoms with Crippen LogP contribution >= 0.6 is 0 Å². The number of aliphatic hydroxyl groups excluding tert-OH is 1. The van der Waals surface area contributed by atoms with Crippen LogP contribution in [0.3, 0.4) is 0 Å². The molecule has 116 valence electrons. The smallest absolute Gasteiger partial charge is 0.104 e. The predicted molar refractivity (Wildman–Crippen MR) is 99.9 cm³/mol. The first kappa shape index (κ1) is 14.7. The molecule has 0 fully saturated rings. The highest BCUT2D eigenvalue weighted by Gasteiger charge is 2.11. The van der Waals surface area contributed by atoms with E-state index in [9.17, 15) is 5.11 Å². The second-order valence-electron chi connectivity index (χ2n) is 6.00. The number of hydrogen-bond acceptors (Lipinski definition) is 1. The summed E-state index contributed by atoms with van der Waals surface area (Å²) in [6.45, 7) is 0. The van der Waals surface area contributed by atoms with Crippen molar-refractivity contribution in [2.24, 2.45) is 0 Å². The standard InChI is InChI=1S/C23H18O/c24-23(22-15-12-18-8-4-5-9-21(18)16-22)20-13-10-19(11-14-20)17-6-2-1-3-7-17/h1-16,23-24H/t23-/m1/s1. The molecule has 0 saturated carbocycles. The molecule has 1 heteroatoms. The first-order valence-electron chi connectivity index (χ1n) is 8.13. The average molecular weight is 310 g/mol. The van der Waals surface area contributed by atoms with E-state index in [2.05, 4.69) is 48.5 Å². The molecule has 0 heterocycles. The summed E-state index contributed by atoms with van der Waals surface area (Å²) in [6, 6.07) is 32.7. The van der Waals surface area contributed by atoms with Gasteiger partial charge in [0.1, 0.15) is 6.10 Å². The van der Waals surface area contributed by atoms with Crippen molar-refractivity contribution in [3.63, 3.8) is 0 Å². The van der Waals surface area contributed by atoms with Crippen molar-refractivity contribution >= 4 is 10.8 Å². The molecule has 0 amide bonds. The van der Waals surface area contributed by atoms with Crippen molar-refractivity contribution in [1.29, 1.82) is 0 Å². The molecule has 4 aromatic carbocycles. The molecule has 4 aromatic rings. The largest absolute Gasteiger partial charge is 0.384 e. The van der Waals surface area contributed by atoms with Gasteiger partial charge in [-0.3, -0.25) is 0 Å². The second kappa shape index (κ2) is 6.31. The molecule has 0 saturated heterocycles. The van der Waals surface area contributed by atoms with Gasteiger partial charge in [0, 0.05) is 0 Å². The van der Waals surface area contributed by atoms with Crippen LogP contribution < -0.4 is 0 Å². The molecule has 0 aliphatic carbocycles. The van der Waals surface area contributed by atoms with Gasteiger partial charge in [0.05, 0.1) is 0 Å². The lowest BCUT2D eigenvalue weighted by Gasteiger charge is -2.13. The Morgan fingerprint density at radius 3 is 1.83 bits per heavy atom. The van der Waals surface area contributed by atoms with Crippen molar-refractivity contribution in [3.05, 3.63) is 108 Å². The van der Waals surface area contributed by atoms with Crippen LogP contribution in [0.15, 0.2) is 97.1 Å². The Morgan fingerprint density at radius 2 is 1.08 bits per heavy atom. The summed E-state index contributed by atoms with van der Waals surface area (Å²) in [5.74, 6) is 0. The van der Waals surface area contributed by atoms with E-state index < -0.39 is 6.10 Å². The number of hydrogen-bond donors (Lipinski definition) is 1. The predicted octanol–water partition coefficient (Wildman–Crippen LogP) is 5.59. The van der Waals surface area contributed by atoms with Crippen LogP contribution in [0, 0.1) is 0 Å². The van der Waals surface area contributed by atoms with Crippen LogP contribution in [0.4, 0.5) is 0 Å². The summed E-state index contributed by atoms with van der Waals surface area (Å²) in [5, 5.41) is 13.0. The maximum atomic E-state index is 10.7. The van der Waals surface area contributed by atoms with Crippen LogP contribution in [0.5, 0.6) is 0 Å². The minimum absolute atomic E-state index is 0.612. The van der Waals surface area contributed by atoms with Crippen molar-refractivity contribution in [1.82, 2.24) is 0 Å². The van der Waals surface area contributed by atoms with E-state index in [1.54, 1.807) is 0 Å². The Kier molecular flexibility index (Phi) is 3.86. The Morgan fingerprint density at radius 1 is 0.500 bits per heavy atom. The Balaban J connectivity index is 1.64. The third-order valence-electron chi connectivity index (χ3n) is 4.42. The number of benzene rings is 4. The lowest BCUT2D eigenvalue weighted by Crippen LogP contribution is -1.99. The zero-order valence-electron chi connectivity index (χ0n) is 13.3. The SMILES string of the molecule is O[C@H](c1ccc(-c2ccccc2)cc1)c1ccc2ccccc2c1. The maximum absolute atomic E-state index is 10.7. The van der Waals surface area contributed by atoms with Gasteiger partial charge in [-0.1, -0.05) is 91.0 Å². The van der Waals surface area contributed by atoms with Gasteiger partial charge in [-0.2, -0.15) is 0 Å². The molecule has 1 N–H and O–H groups in total. The topological polar surface area (TPSA) is 20.2 Å². The number of fused-ring (bicyclic) bond motifs is 1. The van der Waals surface area contributed by atoms with Crippen LogP contribution in [0.1, 0.15) is 17.2 Å². The van der Waals surface area contributed by atoms with Gasteiger partial charge >= 0.3 is 0 Å². The summed E-state index contributed by atoms with van der Waals surface area (Å²) >= 11 is 0. The third kappa shape index (κ3) is 2.82. The lowest BCUT2D eigenvalue weighted by atomic mass is 9.96. The fourth-order valence-corrected chi connectivity index (χ4v) is 3.06. The summed E-state index contributed by atoms with van der Waals surface area (Å²) in [6.07, 6.45) is -0.612. The van der Waals surface area contributed by atoms with Crippen molar-refractivity contribution in [2.45, 2.75) is 6.10 Å². The van der Waals surface area contributed by atoms with Crippen molar-refractivity contribution in [2.75, 3.05) is 0 Å². The fourth-order valence-electron chi connectivity index (χ4n) is 3.06. The van der Waals surface area contributed by atoms with E-state index in [-0.39, 0.29) is 0 Å². The van der Waals surface area contributed by atoms with Crippen LogP contribution in [-0.2, 0) is 0 Å². The van der Waals surface area contributed by atoms with Crippen LogP contribution in [-0.4, -0.2) is 5.11 Å². The fraction of sp³-hybridized carbons (Fsp3) is 0.0435. The minimum Gasteiger partial charge on any atom is -0.384 e. The molecular formula is C23H18O. The zero-order chi connectivity index (χ0) is 16.4. The monoisotopic (exact) mass is 310 g/mol. The van der Waals surface area contributed by atoms with Crippen molar-refractivity contribution < 1.29 is 5.11 Å². The van der Waals surface area contributed by atoms with Crippen LogP contribution in [0.25, 0.3) is 21.9 Å². The molecule has 1 nitrogen and oxygen atoms in total. The molecule has 4 rings (SSSR count). The van der Waals surface area contributed by atoms with Gasteiger partial charge in [0.25, 0.3) is 0 Å². The molecule has 0 bridgehead atoms. The third-order valence-corrected chi connectivity index (χ3v) is 4.42. The highest BCUT2D eigenvalue weighted by Crippen LogP contribution is 2.27. The van der Waals surface area contributed by atoms with E-state index in [1.807, 2.05) is 48.5 Å². The molecule has 0 aliphatic rings. The molecule has 0 radical (unpaired) electrons. The Bertz CT molecular complexity index is 956. The number of rotatable bonds is 3. The van der Waals surface area contributed by atoms with E-state index in [0.29, 0.717) is 0 Å². The van der Waals surface area contributed by atoms with Gasteiger partial charge in [-0.05, 0) is 39.1 Å². The van der Waals surface area contributed by atoms with E-state index >= 15 is 0 Å². The summed E-state index contributed by atoms with van der Waals surface area (Å²) < 4.78 is 0. The molecular weight excluding hydrogens is 292 g/mol. The highest BCUT2D eigenvalue weighted by molar-refractivity contribution is 5.83. The van der Waals surface area contributed by atoms with E-state index in [1.165, 1.54) is 10.9 Å². The van der Waals surface area contributed by atoms with Gasteiger partial charge < -0.3 is 5.11 Å². The normalized spacial score (nSPS) is 12.2. The minimum atomic E-state index is -0.612. The molecule has 0 aromatic heterocycles. The molecule has 0 unspecified atom stereocenters. The van der Waals surface area contributed by atoms with Crippen molar-refractivity contribution in [3.8, 4) is 11.1 Å². The maximum Gasteiger partial charge on any atom is 0.104 e. The Labute approximate surface area is 141 Å². The van der Waals surface area contributed by atoms with Crippen LogP contribution in [0.2, 0.25) is 0 Å². The average Bonchev–Trinajstić information content (AvgIpc) is 2.68. The first-order valence-corrected chi connectivity index (χ1v) is 8.13. The lowest BCUT2D eigenvalue weighted by molar-refractivity contribution is 0.220. The quantitative estimate of drug-likeness (QED) is 0.523. The van der Waals surface area contributed by atoms with Gasteiger partial charge in [-0.25, -0.2) is 0 Å². The number of aliphatic hydroxyl groups is 1. The Hall–Kier alpha value is -2.90. The van der Waals surface area contributed by atoms with E-state index in [4.69, 9.17) is 0 Å². The molecule has 0 aliphatic heterocycles. The van der Waals surface area contributed by atoms with Gasteiger partial charge in [0.15, 0.2) is 0 Å². The molecule has 0 spiro atoms. The zero-order valence-corrected chi connectivity index (χ0v) is 13.3. The highest BCUT2D eigenvalue weighted by atomic mass is 16.3. The second-order valence-corrected chi connectivity index (χ2v) is 6.00. The summed E-state index contributed by atoms with van der Waals surface area (Å²) in [5.41, 5.74) is 4.17. The first-order chi connectivity index (χ1) is 11.8. The van der Waals surface area contributed by atoms with Gasteiger partial charge in [-0.15, -0.1) is 0 Å². The summed E-state index contributed by atoms with van der Waals surface area (Å²) in [7, 11) is 0. The van der Waals surface area contributed by atoms with E-state index in [0.717, 1.165) is 22.1 Å². The summed E-state index contributed by atoms with van der Waals surface area (Å²) in [4.78, 5) is 0.